The minimum Gasteiger partial charge on any atom is -0.346 e. The summed E-state index contributed by atoms with van der Waals surface area (Å²) in [5.41, 5.74) is 2.54. The standard InChI is InChI=1S/C16H21ClN2/c1-3-13(2)18-11-16-8-5-9-19(16)12-14-6-4-7-15(17)10-14/h4-10,13,18H,3,11-12H2,1-2H3. The second-order valence-electron chi connectivity index (χ2n) is 4.95. The zero-order valence-electron chi connectivity index (χ0n) is 11.6. The minimum absolute atomic E-state index is 0.550. The average molecular weight is 277 g/mol. The van der Waals surface area contributed by atoms with Gasteiger partial charge in [0, 0.05) is 36.0 Å². The van der Waals surface area contributed by atoms with Crippen molar-refractivity contribution in [3.8, 4) is 0 Å². The van der Waals surface area contributed by atoms with Crippen molar-refractivity contribution in [3.63, 3.8) is 0 Å². The SMILES string of the molecule is CCC(C)NCc1cccn1Cc1cccc(Cl)c1. The van der Waals surface area contributed by atoms with Crippen LogP contribution in [0.1, 0.15) is 31.5 Å². The van der Waals surface area contributed by atoms with Crippen LogP contribution in [0, 0.1) is 0 Å². The maximum absolute atomic E-state index is 6.02. The van der Waals surface area contributed by atoms with Crippen LogP contribution in [0.2, 0.25) is 5.02 Å². The molecule has 2 nitrogen and oxygen atoms in total. The molecule has 19 heavy (non-hydrogen) atoms. The van der Waals surface area contributed by atoms with Crippen LogP contribution < -0.4 is 5.32 Å². The molecule has 1 heterocycles. The summed E-state index contributed by atoms with van der Waals surface area (Å²) in [6, 6.07) is 12.8. The van der Waals surface area contributed by atoms with Gasteiger partial charge in [-0.2, -0.15) is 0 Å². The van der Waals surface area contributed by atoms with Gasteiger partial charge in [-0.15, -0.1) is 0 Å². The second kappa shape index (κ2) is 6.78. The third-order valence-electron chi connectivity index (χ3n) is 3.41. The number of rotatable bonds is 6. The Kier molecular flexibility index (Phi) is 5.06. The van der Waals surface area contributed by atoms with Gasteiger partial charge in [0.05, 0.1) is 0 Å². The molecule has 0 spiro atoms. The van der Waals surface area contributed by atoms with Crippen LogP contribution in [0.5, 0.6) is 0 Å². The first-order valence-electron chi connectivity index (χ1n) is 6.81. The first-order valence-corrected chi connectivity index (χ1v) is 7.18. The normalized spacial score (nSPS) is 12.6. The monoisotopic (exact) mass is 276 g/mol. The van der Waals surface area contributed by atoms with E-state index in [0.717, 1.165) is 24.5 Å². The van der Waals surface area contributed by atoms with E-state index >= 15 is 0 Å². The number of halogens is 1. The summed E-state index contributed by atoms with van der Waals surface area (Å²) < 4.78 is 2.26. The highest BCUT2D eigenvalue weighted by Crippen LogP contribution is 2.13. The zero-order valence-corrected chi connectivity index (χ0v) is 12.3. The zero-order chi connectivity index (χ0) is 13.7. The Morgan fingerprint density at radius 1 is 1.26 bits per heavy atom. The van der Waals surface area contributed by atoms with E-state index in [1.165, 1.54) is 11.3 Å². The Balaban J connectivity index is 2.03. The van der Waals surface area contributed by atoms with E-state index < -0.39 is 0 Å². The average Bonchev–Trinajstić information content (AvgIpc) is 2.83. The highest BCUT2D eigenvalue weighted by molar-refractivity contribution is 6.30. The highest BCUT2D eigenvalue weighted by Gasteiger charge is 2.04. The first kappa shape index (κ1) is 14.2. The van der Waals surface area contributed by atoms with Gasteiger partial charge in [-0.1, -0.05) is 30.7 Å². The van der Waals surface area contributed by atoms with Gasteiger partial charge >= 0.3 is 0 Å². The third-order valence-corrected chi connectivity index (χ3v) is 3.64. The number of hydrogen-bond acceptors (Lipinski definition) is 1. The molecule has 2 aromatic rings. The van der Waals surface area contributed by atoms with Gasteiger partial charge < -0.3 is 9.88 Å². The van der Waals surface area contributed by atoms with Crippen molar-refractivity contribution in [3.05, 3.63) is 58.9 Å². The largest absolute Gasteiger partial charge is 0.346 e. The van der Waals surface area contributed by atoms with Crippen LogP contribution in [-0.2, 0) is 13.1 Å². The molecule has 0 bridgehead atoms. The summed E-state index contributed by atoms with van der Waals surface area (Å²) >= 11 is 6.02. The van der Waals surface area contributed by atoms with Gasteiger partial charge in [0.15, 0.2) is 0 Å². The van der Waals surface area contributed by atoms with Gasteiger partial charge in [-0.05, 0) is 43.2 Å². The van der Waals surface area contributed by atoms with Crippen molar-refractivity contribution in [1.82, 2.24) is 9.88 Å². The van der Waals surface area contributed by atoms with Crippen molar-refractivity contribution in [2.24, 2.45) is 0 Å². The Labute approximate surface area is 120 Å². The summed E-state index contributed by atoms with van der Waals surface area (Å²) in [5, 5.41) is 4.32. The van der Waals surface area contributed by atoms with E-state index in [-0.39, 0.29) is 0 Å². The fourth-order valence-electron chi connectivity index (χ4n) is 2.02. The van der Waals surface area contributed by atoms with E-state index in [4.69, 9.17) is 11.6 Å². The maximum atomic E-state index is 6.02. The van der Waals surface area contributed by atoms with E-state index in [1.807, 2.05) is 18.2 Å². The van der Waals surface area contributed by atoms with E-state index in [0.29, 0.717) is 6.04 Å². The molecule has 1 aromatic carbocycles. The smallest absolute Gasteiger partial charge is 0.0473 e. The lowest BCUT2D eigenvalue weighted by Crippen LogP contribution is -2.25. The van der Waals surface area contributed by atoms with Gasteiger partial charge in [0.2, 0.25) is 0 Å². The van der Waals surface area contributed by atoms with E-state index in [9.17, 15) is 0 Å². The Morgan fingerprint density at radius 2 is 2.11 bits per heavy atom. The predicted octanol–water partition coefficient (Wildman–Crippen LogP) is 4.08. The molecular formula is C16H21ClN2. The molecule has 1 N–H and O–H groups in total. The number of nitrogens with zero attached hydrogens (tertiary/aromatic N) is 1. The second-order valence-corrected chi connectivity index (χ2v) is 5.38. The van der Waals surface area contributed by atoms with Gasteiger partial charge in [-0.3, -0.25) is 0 Å². The topological polar surface area (TPSA) is 17.0 Å². The van der Waals surface area contributed by atoms with Crippen molar-refractivity contribution < 1.29 is 0 Å². The van der Waals surface area contributed by atoms with Crippen LogP contribution in [-0.4, -0.2) is 10.6 Å². The molecule has 1 unspecified atom stereocenters. The summed E-state index contributed by atoms with van der Waals surface area (Å²) in [4.78, 5) is 0. The van der Waals surface area contributed by atoms with Crippen LogP contribution in [0.4, 0.5) is 0 Å². The number of hydrogen-bond donors (Lipinski definition) is 1. The lowest BCUT2D eigenvalue weighted by Gasteiger charge is -2.14. The molecule has 2 rings (SSSR count). The molecule has 0 fully saturated rings. The number of aromatic nitrogens is 1. The third kappa shape index (κ3) is 4.12. The molecule has 0 amide bonds. The van der Waals surface area contributed by atoms with Crippen LogP contribution in [0.15, 0.2) is 42.6 Å². The lowest BCUT2D eigenvalue weighted by atomic mass is 10.2. The molecule has 3 heteroatoms. The summed E-state index contributed by atoms with van der Waals surface area (Å²) in [6.07, 6.45) is 3.27. The van der Waals surface area contributed by atoms with Crippen LogP contribution in [0.3, 0.4) is 0 Å². The molecule has 0 aliphatic rings. The number of nitrogens with one attached hydrogen (secondary N) is 1. The molecule has 102 valence electrons. The Morgan fingerprint density at radius 3 is 2.84 bits per heavy atom. The van der Waals surface area contributed by atoms with Crippen LogP contribution in [0.25, 0.3) is 0 Å². The molecule has 0 aliphatic heterocycles. The summed E-state index contributed by atoms with van der Waals surface area (Å²) in [6.45, 7) is 6.18. The van der Waals surface area contributed by atoms with Gasteiger partial charge in [-0.25, -0.2) is 0 Å². The Bertz CT molecular complexity index is 519. The van der Waals surface area contributed by atoms with Gasteiger partial charge in [0.1, 0.15) is 0 Å². The molecule has 0 radical (unpaired) electrons. The highest BCUT2D eigenvalue weighted by atomic mass is 35.5. The van der Waals surface area contributed by atoms with Crippen LogP contribution >= 0.6 is 11.6 Å². The van der Waals surface area contributed by atoms with Crippen molar-refractivity contribution in [2.45, 2.75) is 39.4 Å². The quantitative estimate of drug-likeness (QED) is 0.841. The van der Waals surface area contributed by atoms with E-state index in [2.05, 4.69) is 48.1 Å². The lowest BCUT2D eigenvalue weighted by molar-refractivity contribution is 0.519. The van der Waals surface area contributed by atoms with Crippen molar-refractivity contribution in [1.29, 1.82) is 0 Å². The fraction of sp³-hybridized carbons (Fsp3) is 0.375. The van der Waals surface area contributed by atoms with Crippen molar-refractivity contribution >= 4 is 11.6 Å². The minimum atomic E-state index is 0.550. The maximum Gasteiger partial charge on any atom is 0.0473 e. The summed E-state index contributed by atoms with van der Waals surface area (Å²) in [7, 11) is 0. The van der Waals surface area contributed by atoms with Gasteiger partial charge in [0.25, 0.3) is 0 Å². The number of benzene rings is 1. The summed E-state index contributed by atoms with van der Waals surface area (Å²) in [5.74, 6) is 0. The van der Waals surface area contributed by atoms with E-state index in [1.54, 1.807) is 0 Å². The fourth-order valence-corrected chi connectivity index (χ4v) is 2.23. The van der Waals surface area contributed by atoms with Crippen molar-refractivity contribution in [2.75, 3.05) is 0 Å². The predicted molar refractivity (Wildman–Crippen MR) is 81.6 cm³/mol. The first-order chi connectivity index (χ1) is 9.19. The Hall–Kier alpha value is -1.25. The molecule has 0 saturated heterocycles. The molecular weight excluding hydrogens is 256 g/mol. The molecule has 1 aromatic heterocycles. The molecule has 1 atom stereocenters. The molecule has 0 aliphatic carbocycles. The molecule has 0 saturated carbocycles.